The molecule has 0 aliphatic rings. The van der Waals surface area contributed by atoms with Crippen molar-refractivity contribution in [2.45, 2.75) is 39.8 Å². The Hall–Kier alpha value is -1.40. The fourth-order valence-electron chi connectivity index (χ4n) is 1.89. The second-order valence-electron chi connectivity index (χ2n) is 5.79. The van der Waals surface area contributed by atoms with Crippen LogP contribution >= 0.6 is 15.9 Å². The summed E-state index contributed by atoms with van der Waals surface area (Å²) in [5.74, 6) is -0.238. The molecular formula is C16H24BrN3O2. The van der Waals surface area contributed by atoms with Crippen LogP contribution in [0.15, 0.2) is 22.7 Å². The van der Waals surface area contributed by atoms with E-state index >= 15 is 0 Å². The zero-order chi connectivity index (χ0) is 16.9. The number of hydrogen-bond acceptors (Lipinski definition) is 3. The number of hydrogen-bond donors (Lipinski definition) is 2. The van der Waals surface area contributed by atoms with Crippen molar-refractivity contribution < 1.29 is 9.59 Å². The summed E-state index contributed by atoms with van der Waals surface area (Å²) in [7, 11) is 1.76. The molecule has 2 amide bonds. The van der Waals surface area contributed by atoms with Crippen LogP contribution in [0.1, 0.15) is 26.3 Å². The minimum absolute atomic E-state index is 0.0892. The van der Waals surface area contributed by atoms with E-state index in [2.05, 4.69) is 26.6 Å². The maximum Gasteiger partial charge on any atom is 0.241 e. The molecular weight excluding hydrogens is 346 g/mol. The molecule has 0 spiro atoms. The van der Waals surface area contributed by atoms with Crippen molar-refractivity contribution in [1.82, 2.24) is 10.2 Å². The molecule has 0 saturated carbocycles. The molecule has 1 aromatic carbocycles. The second-order valence-corrected chi connectivity index (χ2v) is 6.64. The van der Waals surface area contributed by atoms with Crippen molar-refractivity contribution in [3.63, 3.8) is 0 Å². The number of likely N-dealkylation sites (N-methyl/N-ethyl adjacent to an activating group) is 1. The molecule has 1 rings (SSSR count). The summed E-state index contributed by atoms with van der Waals surface area (Å²) in [4.78, 5) is 25.8. The summed E-state index contributed by atoms with van der Waals surface area (Å²) < 4.78 is 0.841. The quantitative estimate of drug-likeness (QED) is 0.809. The van der Waals surface area contributed by atoms with E-state index in [1.54, 1.807) is 18.9 Å². The third kappa shape index (κ3) is 5.77. The molecule has 22 heavy (non-hydrogen) atoms. The van der Waals surface area contributed by atoms with Gasteiger partial charge in [0.05, 0.1) is 18.3 Å². The summed E-state index contributed by atoms with van der Waals surface area (Å²) in [6.07, 6.45) is 0. The van der Waals surface area contributed by atoms with Gasteiger partial charge in [-0.25, -0.2) is 0 Å². The van der Waals surface area contributed by atoms with Gasteiger partial charge in [-0.3, -0.25) is 14.5 Å². The topological polar surface area (TPSA) is 61.4 Å². The Kier molecular flexibility index (Phi) is 7.03. The highest BCUT2D eigenvalue weighted by molar-refractivity contribution is 9.10. The van der Waals surface area contributed by atoms with Crippen LogP contribution in [0.5, 0.6) is 0 Å². The molecule has 0 radical (unpaired) electrons. The van der Waals surface area contributed by atoms with Gasteiger partial charge in [0.1, 0.15) is 0 Å². The third-order valence-electron chi connectivity index (χ3n) is 3.27. The van der Waals surface area contributed by atoms with Crippen molar-refractivity contribution >= 4 is 33.4 Å². The van der Waals surface area contributed by atoms with E-state index in [-0.39, 0.29) is 24.4 Å². The Labute approximate surface area is 140 Å². The number of nitrogens with one attached hydrogen (secondary N) is 2. The monoisotopic (exact) mass is 369 g/mol. The minimum Gasteiger partial charge on any atom is -0.353 e. The molecule has 0 saturated heterocycles. The number of rotatable bonds is 6. The summed E-state index contributed by atoms with van der Waals surface area (Å²) in [6, 6.07) is 5.42. The lowest BCUT2D eigenvalue weighted by molar-refractivity contribution is -0.125. The van der Waals surface area contributed by atoms with E-state index in [1.807, 2.05) is 39.0 Å². The number of aryl methyl sites for hydroxylation is 1. The average molecular weight is 370 g/mol. The van der Waals surface area contributed by atoms with Crippen LogP contribution in [0.3, 0.4) is 0 Å². The van der Waals surface area contributed by atoms with Crippen LogP contribution in [0, 0.1) is 6.92 Å². The van der Waals surface area contributed by atoms with Gasteiger partial charge >= 0.3 is 0 Å². The predicted molar refractivity (Wildman–Crippen MR) is 92.9 cm³/mol. The van der Waals surface area contributed by atoms with Gasteiger partial charge in [0.2, 0.25) is 11.8 Å². The van der Waals surface area contributed by atoms with Crippen LogP contribution in [0.2, 0.25) is 0 Å². The zero-order valence-corrected chi connectivity index (χ0v) is 15.3. The molecule has 2 N–H and O–H groups in total. The van der Waals surface area contributed by atoms with E-state index in [4.69, 9.17) is 0 Å². The molecule has 1 unspecified atom stereocenters. The molecule has 6 heteroatoms. The number of carbonyl (C=O) groups is 2. The number of halogens is 1. The molecule has 0 fully saturated rings. The lowest BCUT2D eigenvalue weighted by Crippen LogP contribution is -2.46. The fourth-order valence-corrected chi connectivity index (χ4v) is 2.48. The SMILES string of the molecule is Cc1ccc(NC(=O)C(C)N(C)CC(=O)NC(C)C)c(Br)c1. The number of amides is 2. The highest BCUT2D eigenvalue weighted by Gasteiger charge is 2.21. The first-order chi connectivity index (χ1) is 10.2. The van der Waals surface area contributed by atoms with Gasteiger partial charge in [0.15, 0.2) is 0 Å². The highest BCUT2D eigenvalue weighted by atomic mass is 79.9. The summed E-state index contributed by atoms with van der Waals surface area (Å²) in [6.45, 7) is 7.76. The molecule has 1 atom stereocenters. The molecule has 1 aromatic rings. The van der Waals surface area contributed by atoms with E-state index in [1.165, 1.54) is 0 Å². The van der Waals surface area contributed by atoms with Crippen LogP contribution in [0.25, 0.3) is 0 Å². The molecule has 122 valence electrons. The molecule has 0 heterocycles. The molecule has 0 bridgehead atoms. The van der Waals surface area contributed by atoms with Crippen LogP contribution in [-0.2, 0) is 9.59 Å². The predicted octanol–water partition coefficient (Wildman–Crippen LogP) is 2.54. The van der Waals surface area contributed by atoms with Gasteiger partial charge in [-0.15, -0.1) is 0 Å². The molecule has 0 aliphatic carbocycles. The molecule has 0 aromatic heterocycles. The van der Waals surface area contributed by atoms with E-state index < -0.39 is 6.04 Å². The Morgan fingerprint density at radius 3 is 2.45 bits per heavy atom. The highest BCUT2D eigenvalue weighted by Crippen LogP contribution is 2.23. The first-order valence-corrected chi connectivity index (χ1v) is 8.06. The first-order valence-electron chi connectivity index (χ1n) is 7.27. The van der Waals surface area contributed by atoms with Crippen molar-refractivity contribution in [1.29, 1.82) is 0 Å². The van der Waals surface area contributed by atoms with Crippen LogP contribution in [0.4, 0.5) is 5.69 Å². The largest absolute Gasteiger partial charge is 0.353 e. The zero-order valence-electron chi connectivity index (χ0n) is 13.7. The fraction of sp³-hybridized carbons (Fsp3) is 0.500. The van der Waals surface area contributed by atoms with Gasteiger partial charge in [0, 0.05) is 10.5 Å². The summed E-state index contributed by atoms with van der Waals surface area (Å²) in [5.41, 5.74) is 1.84. The van der Waals surface area contributed by atoms with Crippen LogP contribution in [-0.4, -0.2) is 42.4 Å². The summed E-state index contributed by atoms with van der Waals surface area (Å²) >= 11 is 3.44. The van der Waals surface area contributed by atoms with Gasteiger partial charge in [-0.1, -0.05) is 6.07 Å². The van der Waals surface area contributed by atoms with Crippen molar-refractivity contribution in [3.05, 3.63) is 28.2 Å². The van der Waals surface area contributed by atoms with Gasteiger partial charge in [0.25, 0.3) is 0 Å². The van der Waals surface area contributed by atoms with E-state index in [0.29, 0.717) is 0 Å². The Balaban J connectivity index is 2.62. The minimum atomic E-state index is -0.411. The summed E-state index contributed by atoms with van der Waals surface area (Å²) in [5, 5.41) is 5.69. The van der Waals surface area contributed by atoms with E-state index in [0.717, 1.165) is 15.7 Å². The van der Waals surface area contributed by atoms with Crippen LogP contribution < -0.4 is 10.6 Å². The smallest absolute Gasteiger partial charge is 0.241 e. The van der Waals surface area contributed by atoms with Crippen molar-refractivity contribution in [3.8, 4) is 0 Å². The van der Waals surface area contributed by atoms with Gasteiger partial charge in [-0.2, -0.15) is 0 Å². The van der Waals surface area contributed by atoms with Crippen molar-refractivity contribution in [2.24, 2.45) is 0 Å². The maximum atomic E-state index is 12.3. The Morgan fingerprint density at radius 2 is 1.91 bits per heavy atom. The molecule has 0 aliphatic heterocycles. The van der Waals surface area contributed by atoms with Crippen molar-refractivity contribution in [2.75, 3.05) is 18.9 Å². The third-order valence-corrected chi connectivity index (χ3v) is 3.92. The van der Waals surface area contributed by atoms with Gasteiger partial charge < -0.3 is 10.6 Å². The number of anilines is 1. The Bertz CT molecular complexity index is 546. The number of nitrogens with zero attached hydrogens (tertiary/aromatic N) is 1. The standard InChI is InChI=1S/C16H24BrN3O2/c1-10(2)18-15(21)9-20(5)12(4)16(22)19-14-7-6-11(3)8-13(14)17/h6-8,10,12H,9H2,1-5H3,(H,18,21)(H,19,22). The lowest BCUT2D eigenvalue weighted by Gasteiger charge is -2.24. The normalized spacial score (nSPS) is 12.4. The maximum absolute atomic E-state index is 12.3. The van der Waals surface area contributed by atoms with Gasteiger partial charge in [-0.05, 0) is 68.4 Å². The molecule has 5 nitrogen and oxygen atoms in total. The Morgan fingerprint density at radius 1 is 1.27 bits per heavy atom. The number of carbonyl (C=O) groups excluding carboxylic acids is 2. The lowest BCUT2D eigenvalue weighted by atomic mass is 10.2. The average Bonchev–Trinajstić information content (AvgIpc) is 2.39. The van der Waals surface area contributed by atoms with E-state index in [9.17, 15) is 9.59 Å². The number of benzene rings is 1. The first kappa shape index (κ1) is 18.6. The second kappa shape index (κ2) is 8.29.